The summed E-state index contributed by atoms with van der Waals surface area (Å²) in [7, 11) is 0. The lowest BCUT2D eigenvalue weighted by molar-refractivity contribution is 0.0998. The summed E-state index contributed by atoms with van der Waals surface area (Å²) in [5.41, 5.74) is 3.79. The molecule has 5 rings (SSSR count). The van der Waals surface area contributed by atoms with Crippen molar-refractivity contribution in [2.24, 2.45) is 10.9 Å². The molecule has 1 aliphatic rings. The normalized spacial score (nSPS) is 13.1. The lowest BCUT2D eigenvalue weighted by Gasteiger charge is -2.11. The van der Waals surface area contributed by atoms with E-state index in [1.807, 2.05) is 36.4 Å². The molecule has 0 unspecified atom stereocenters. The smallest absolute Gasteiger partial charge is 0.276 e. The molecule has 170 valence electrons. The monoisotopic (exact) mass is 451 g/mol. The highest BCUT2D eigenvalue weighted by Gasteiger charge is 2.18. The Morgan fingerprint density at radius 1 is 1.09 bits per heavy atom. The summed E-state index contributed by atoms with van der Waals surface area (Å²) in [6.45, 7) is 4.26. The number of hydrogen-bond donors (Lipinski definition) is 2. The molecule has 0 spiro atoms. The van der Waals surface area contributed by atoms with Crippen LogP contribution in [0.4, 0.5) is 5.95 Å². The van der Waals surface area contributed by atoms with Crippen molar-refractivity contribution < 1.29 is 9.59 Å². The van der Waals surface area contributed by atoms with E-state index in [9.17, 15) is 9.59 Å². The number of aliphatic imine (C=N–C) groups is 1. The molecule has 2 aromatic carbocycles. The first kappa shape index (κ1) is 21.7. The Morgan fingerprint density at radius 2 is 1.94 bits per heavy atom. The number of carbonyl (C=O) groups is 2. The quantitative estimate of drug-likeness (QED) is 0.363. The number of rotatable bonds is 7. The van der Waals surface area contributed by atoms with E-state index < -0.39 is 0 Å². The molecular formula is C27H25N5O2. The molecule has 0 radical (unpaired) electrons. The average Bonchev–Trinajstić information content (AvgIpc) is 3.47. The SMILES string of the molecule is CC(C)Cc1nc(C(=O)Nc2nc3c(C(=O)CC4=NC=CC4)cccc3[nH]2)cc2ccccc12. The Balaban J connectivity index is 1.43. The number of fused-ring (bicyclic) bond motifs is 2. The van der Waals surface area contributed by atoms with Crippen LogP contribution < -0.4 is 5.32 Å². The van der Waals surface area contributed by atoms with Crippen LogP contribution in [0.1, 0.15) is 53.2 Å². The largest absolute Gasteiger partial charge is 0.324 e. The van der Waals surface area contributed by atoms with Crippen LogP contribution >= 0.6 is 0 Å². The minimum atomic E-state index is -0.353. The number of hydrogen-bond acceptors (Lipinski definition) is 5. The molecule has 1 amide bonds. The van der Waals surface area contributed by atoms with Gasteiger partial charge in [0.1, 0.15) is 11.2 Å². The molecule has 0 saturated carbocycles. The van der Waals surface area contributed by atoms with Crippen LogP contribution in [0.2, 0.25) is 0 Å². The molecule has 1 aliphatic heterocycles. The highest BCUT2D eigenvalue weighted by molar-refractivity contribution is 6.15. The Hall–Kier alpha value is -4.13. The number of imidazole rings is 1. The van der Waals surface area contributed by atoms with Gasteiger partial charge in [-0.1, -0.05) is 50.3 Å². The number of allylic oxidation sites excluding steroid dienone is 1. The molecular weight excluding hydrogens is 426 g/mol. The first-order valence-electron chi connectivity index (χ1n) is 11.4. The van der Waals surface area contributed by atoms with E-state index in [0.717, 1.165) is 28.6 Å². The van der Waals surface area contributed by atoms with Crippen LogP contribution in [0.25, 0.3) is 21.8 Å². The zero-order valence-electron chi connectivity index (χ0n) is 19.1. The molecule has 0 bridgehead atoms. The fourth-order valence-electron chi connectivity index (χ4n) is 4.22. The molecule has 0 fully saturated rings. The van der Waals surface area contributed by atoms with Crippen molar-refractivity contribution in [2.45, 2.75) is 33.1 Å². The maximum absolute atomic E-state index is 13.1. The van der Waals surface area contributed by atoms with Gasteiger partial charge in [-0.15, -0.1) is 0 Å². The summed E-state index contributed by atoms with van der Waals surface area (Å²) in [6.07, 6.45) is 5.37. The van der Waals surface area contributed by atoms with Gasteiger partial charge in [-0.05, 0) is 35.9 Å². The summed E-state index contributed by atoms with van der Waals surface area (Å²) in [5, 5.41) is 4.85. The number of H-pyrrole nitrogens is 1. The maximum Gasteiger partial charge on any atom is 0.276 e. The molecule has 0 atom stereocenters. The number of pyridine rings is 1. The van der Waals surface area contributed by atoms with E-state index in [0.29, 0.717) is 34.6 Å². The van der Waals surface area contributed by atoms with Crippen LogP contribution in [0, 0.1) is 5.92 Å². The van der Waals surface area contributed by atoms with Crippen LogP contribution in [0.5, 0.6) is 0 Å². The lowest BCUT2D eigenvalue weighted by Crippen LogP contribution is -2.16. The molecule has 2 aromatic heterocycles. The lowest BCUT2D eigenvalue weighted by atomic mass is 10.0. The number of aromatic nitrogens is 3. The van der Waals surface area contributed by atoms with Crippen LogP contribution in [-0.2, 0) is 6.42 Å². The number of nitrogens with zero attached hydrogens (tertiary/aromatic N) is 3. The maximum atomic E-state index is 13.1. The number of ketones is 1. The number of benzene rings is 2. The average molecular weight is 452 g/mol. The zero-order valence-corrected chi connectivity index (χ0v) is 19.1. The van der Waals surface area contributed by atoms with E-state index >= 15 is 0 Å². The first-order valence-corrected chi connectivity index (χ1v) is 11.4. The van der Waals surface area contributed by atoms with Gasteiger partial charge in [0.25, 0.3) is 5.91 Å². The van der Waals surface area contributed by atoms with Gasteiger partial charge >= 0.3 is 0 Å². The molecule has 3 heterocycles. The van der Waals surface area contributed by atoms with E-state index in [4.69, 9.17) is 0 Å². The van der Waals surface area contributed by atoms with Gasteiger partial charge in [-0.3, -0.25) is 19.9 Å². The highest BCUT2D eigenvalue weighted by Crippen LogP contribution is 2.23. The van der Waals surface area contributed by atoms with Crippen molar-refractivity contribution in [3.05, 3.63) is 77.8 Å². The molecule has 0 aliphatic carbocycles. The third kappa shape index (κ3) is 4.37. The summed E-state index contributed by atoms with van der Waals surface area (Å²) < 4.78 is 0. The van der Waals surface area contributed by atoms with Crippen molar-refractivity contribution in [1.29, 1.82) is 0 Å². The van der Waals surface area contributed by atoms with Gasteiger partial charge in [0, 0.05) is 41.4 Å². The van der Waals surface area contributed by atoms with Gasteiger partial charge in [-0.2, -0.15) is 0 Å². The molecule has 0 saturated heterocycles. The van der Waals surface area contributed by atoms with Crippen LogP contribution in [0.3, 0.4) is 0 Å². The topological polar surface area (TPSA) is 100 Å². The summed E-state index contributed by atoms with van der Waals surface area (Å²) in [5.74, 6) is 0.285. The van der Waals surface area contributed by atoms with Gasteiger partial charge in [-0.25, -0.2) is 9.97 Å². The first-order chi connectivity index (χ1) is 16.5. The molecule has 7 nitrogen and oxygen atoms in total. The Labute approximate surface area is 197 Å². The van der Waals surface area contributed by atoms with Crippen molar-refractivity contribution in [3.63, 3.8) is 0 Å². The predicted molar refractivity (Wildman–Crippen MR) is 134 cm³/mol. The summed E-state index contributed by atoms with van der Waals surface area (Å²) in [4.78, 5) is 42.5. The number of aromatic amines is 1. The minimum absolute atomic E-state index is 0.0491. The second kappa shape index (κ2) is 9.02. The van der Waals surface area contributed by atoms with Crippen molar-refractivity contribution >= 4 is 45.2 Å². The van der Waals surface area contributed by atoms with Gasteiger partial charge in [0.05, 0.1) is 5.52 Å². The number of nitrogens with one attached hydrogen (secondary N) is 2. The number of para-hydroxylation sites is 1. The molecule has 2 N–H and O–H groups in total. The number of amides is 1. The third-order valence-electron chi connectivity index (χ3n) is 5.78. The summed E-state index contributed by atoms with van der Waals surface area (Å²) in [6, 6.07) is 15.1. The van der Waals surface area contributed by atoms with Crippen LogP contribution in [0.15, 0.2) is 65.8 Å². The predicted octanol–water partition coefficient (Wildman–Crippen LogP) is 5.49. The Bertz CT molecular complexity index is 1480. The van der Waals surface area contributed by atoms with E-state index in [1.165, 1.54) is 0 Å². The number of carbonyl (C=O) groups excluding carboxylic acids is 2. The van der Waals surface area contributed by atoms with Gasteiger partial charge in [0.15, 0.2) is 5.78 Å². The fourth-order valence-corrected chi connectivity index (χ4v) is 4.22. The highest BCUT2D eigenvalue weighted by atomic mass is 16.2. The van der Waals surface area contributed by atoms with E-state index in [-0.39, 0.29) is 24.1 Å². The van der Waals surface area contributed by atoms with Crippen LogP contribution in [-0.4, -0.2) is 32.4 Å². The Kier molecular flexibility index (Phi) is 5.76. The van der Waals surface area contributed by atoms with Gasteiger partial charge in [0.2, 0.25) is 5.95 Å². The van der Waals surface area contributed by atoms with Crippen molar-refractivity contribution in [2.75, 3.05) is 5.32 Å². The zero-order chi connectivity index (χ0) is 23.7. The Morgan fingerprint density at radius 3 is 2.74 bits per heavy atom. The number of anilines is 1. The van der Waals surface area contributed by atoms with E-state index in [2.05, 4.69) is 39.1 Å². The van der Waals surface area contributed by atoms with Crippen molar-refractivity contribution in [1.82, 2.24) is 15.0 Å². The molecule has 34 heavy (non-hydrogen) atoms. The third-order valence-corrected chi connectivity index (χ3v) is 5.78. The summed E-state index contributed by atoms with van der Waals surface area (Å²) >= 11 is 0. The fraction of sp³-hybridized carbons (Fsp3) is 0.222. The minimum Gasteiger partial charge on any atom is -0.324 e. The van der Waals surface area contributed by atoms with Gasteiger partial charge < -0.3 is 4.98 Å². The standard InChI is InChI=1S/C27H25N5O2/c1-16(2)13-22-19-9-4-3-7-17(19)14-23(29-22)26(34)32-27-30-21-11-5-10-20(25(21)31-27)24(33)15-18-8-6-12-28-18/h3-7,9-12,14,16H,8,13,15H2,1-2H3,(H2,30,31,32,34). The van der Waals surface area contributed by atoms with Crippen molar-refractivity contribution in [3.8, 4) is 0 Å². The number of Topliss-reactive ketones (excluding diaryl/α,β-unsaturated/α-hetero) is 1. The molecule has 4 aromatic rings. The second-order valence-corrected chi connectivity index (χ2v) is 8.90. The second-order valence-electron chi connectivity index (χ2n) is 8.90. The molecule has 7 heteroatoms. The van der Waals surface area contributed by atoms with E-state index in [1.54, 1.807) is 24.4 Å².